The van der Waals surface area contributed by atoms with Crippen LogP contribution >= 0.6 is 11.3 Å². The molecule has 174 valence electrons. The quantitative estimate of drug-likeness (QED) is 0.515. The molecule has 10 heteroatoms. The number of amides is 1. The number of aryl methyl sites for hydroxylation is 2. The summed E-state index contributed by atoms with van der Waals surface area (Å²) in [5.74, 6) is -0.959. The Kier molecular flexibility index (Phi) is 6.51. The minimum absolute atomic E-state index is 0.0709. The number of hydrogen-bond acceptors (Lipinski definition) is 6. The Balaban J connectivity index is 1.72. The lowest BCUT2D eigenvalue weighted by atomic mass is 10.1. The molecule has 0 N–H and O–H groups in total. The van der Waals surface area contributed by atoms with Crippen LogP contribution in [0.1, 0.15) is 34.3 Å². The standard InChI is InChI=1S/C23H25N3O5S2/c1-15-12-16(2)21-19(13-15)26(14-20(27)31-3)23(32-21)24-22(28)17-6-8-18(9-7-17)33(29,30)25-10-4-5-11-25/h6-9,12-13H,4-5,10-11,14H2,1-3H3. The van der Waals surface area contributed by atoms with Gasteiger partial charge in [-0.2, -0.15) is 9.30 Å². The summed E-state index contributed by atoms with van der Waals surface area (Å²) in [5, 5.41) is 0. The average molecular weight is 488 g/mol. The Bertz CT molecular complexity index is 1400. The number of hydrogen-bond donors (Lipinski definition) is 0. The van der Waals surface area contributed by atoms with E-state index < -0.39 is 21.9 Å². The van der Waals surface area contributed by atoms with Gasteiger partial charge in [-0.05, 0) is 68.1 Å². The SMILES string of the molecule is COC(=O)Cn1c(=NC(=O)c2ccc(S(=O)(=O)N3CCCC3)cc2)sc2c(C)cc(C)cc21. The van der Waals surface area contributed by atoms with Gasteiger partial charge in [0.05, 0.1) is 22.2 Å². The molecule has 0 spiro atoms. The molecule has 0 atom stereocenters. The lowest BCUT2D eigenvalue weighted by molar-refractivity contribution is -0.141. The van der Waals surface area contributed by atoms with Crippen molar-refractivity contribution in [2.45, 2.75) is 38.1 Å². The molecule has 1 aliphatic rings. The zero-order valence-corrected chi connectivity index (χ0v) is 20.3. The maximum atomic E-state index is 12.9. The second kappa shape index (κ2) is 9.20. The molecule has 0 saturated carbocycles. The van der Waals surface area contributed by atoms with Gasteiger partial charge in [0.15, 0.2) is 4.80 Å². The van der Waals surface area contributed by atoms with Crippen LogP contribution < -0.4 is 4.80 Å². The summed E-state index contributed by atoms with van der Waals surface area (Å²) in [6.45, 7) is 4.90. The molecule has 1 fully saturated rings. The van der Waals surface area contributed by atoms with Crippen LogP contribution in [0, 0.1) is 13.8 Å². The topological polar surface area (TPSA) is 98.0 Å². The summed E-state index contributed by atoms with van der Waals surface area (Å²) >= 11 is 1.32. The van der Waals surface area contributed by atoms with Gasteiger partial charge in [-0.25, -0.2) is 8.42 Å². The van der Waals surface area contributed by atoms with Crippen LogP contribution in [0.15, 0.2) is 46.3 Å². The van der Waals surface area contributed by atoms with Crippen LogP contribution in [0.3, 0.4) is 0 Å². The molecule has 1 amide bonds. The Labute approximate surface area is 196 Å². The van der Waals surface area contributed by atoms with Crippen LogP contribution in [0.25, 0.3) is 10.2 Å². The van der Waals surface area contributed by atoms with Crippen molar-refractivity contribution in [1.29, 1.82) is 0 Å². The Hall–Kier alpha value is -2.82. The summed E-state index contributed by atoms with van der Waals surface area (Å²) in [5.41, 5.74) is 3.13. The molecular weight excluding hydrogens is 462 g/mol. The monoisotopic (exact) mass is 487 g/mol. The largest absolute Gasteiger partial charge is 0.468 e. The number of rotatable bonds is 5. The van der Waals surface area contributed by atoms with Gasteiger partial charge < -0.3 is 9.30 Å². The summed E-state index contributed by atoms with van der Waals surface area (Å²) in [7, 11) is -2.24. The van der Waals surface area contributed by atoms with Crippen LogP contribution in [-0.4, -0.2) is 49.4 Å². The molecular formula is C23H25N3O5S2. The number of esters is 1. The van der Waals surface area contributed by atoms with Gasteiger partial charge in [0.2, 0.25) is 10.0 Å². The number of methoxy groups -OCH3 is 1. The lowest BCUT2D eigenvalue weighted by Crippen LogP contribution is -2.27. The highest BCUT2D eigenvalue weighted by molar-refractivity contribution is 7.89. The van der Waals surface area contributed by atoms with E-state index in [-0.39, 0.29) is 17.0 Å². The maximum absolute atomic E-state index is 12.9. The number of carbonyl (C=O) groups excluding carboxylic acids is 2. The van der Waals surface area contributed by atoms with Gasteiger partial charge >= 0.3 is 5.97 Å². The predicted octanol–water partition coefficient (Wildman–Crippen LogP) is 3.02. The van der Waals surface area contributed by atoms with Crippen molar-refractivity contribution in [2.24, 2.45) is 4.99 Å². The summed E-state index contributed by atoms with van der Waals surface area (Å²) in [6.07, 6.45) is 1.71. The van der Waals surface area contributed by atoms with Gasteiger partial charge in [0.25, 0.3) is 5.91 Å². The second-order valence-electron chi connectivity index (χ2n) is 8.03. The van der Waals surface area contributed by atoms with Crippen molar-refractivity contribution in [3.05, 3.63) is 57.9 Å². The molecule has 1 aliphatic heterocycles. The smallest absolute Gasteiger partial charge is 0.325 e. The third kappa shape index (κ3) is 4.64. The van der Waals surface area contributed by atoms with Gasteiger partial charge in [-0.3, -0.25) is 9.59 Å². The molecule has 2 aromatic carbocycles. The molecule has 0 bridgehead atoms. The molecule has 0 radical (unpaired) electrons. The zero-order valence-electron chi connectivity index (χ0n) is 18.7. The van der Waals surface area contributed by atoms with Crippen molar-refractivity contribution in [2.75, 3.05) is 20.2 Å². The van der Waals surface area contributed by atoms with E-state index in [0.29, 0.717) is 17.9 Å². The molecule has 0 unspecified atom stereocenters. The fraction of sp³-hybridized carbons (Fsp3) is 0.348. The van der Waals surface area contributed by atoms with Gasteiger partial charge in [0.1, 0.15) is 6.54 Å². The fourth-order valence-electron chi connectivity index (χ4n) is 3.94. The van der Waals surface area contributed by atoms with E-state index in [1.54, 1.807) is 4.57 Å². The van der Waals surface area contributed by atoms with E-state index in [0.717, 1.165) is 34.2 Å². The molecule has 33 heavy (non-hydrogen) atoms. The zero-order chi connectivity index (χ0) is 23.8. The number of ether oxygens (including phenoxy) is 1. The first-order valence-corrected chi connectivity index (χ1v) is 12.8. The number of nitrogens with zero attached hydrogens (tertiary/aromatic N) is 3. The van der Waals surface area contributed by atoms with E-state index in [4.69, 9.17) is 4.74 Å². The molecule has 0 aliphatic carbocycles. The highest BCUT2D eigenvalue weighted by Crippen LogP contribution is 2.24. The minimum atomic E-state index is -3.55. The molecule has 3 aromatic rings. The van der Waals surface area contributed by atoms with E-state index in [9.17, 15) is 18.0 Å². The van der Waals surface area contributed by atoms with Crippen molar-refractivity contribution in [3.8, 4) is 0 Å². The van der Waals surface area contributed by atoms with Crippen molar-refractivity contribution in [1.82, 2.24) is 8.87 Å². The first kappa shape index (κ1) is 23.3. The average Bonchev–Trinajstić information content (AvgIpc) is 3.44. The van der Waals surface area contributed by atoms with Crippen molar-refractivity contribution < 1.29 is 22.7 Å². The summed E-state index contributed by atoms with van der Waals surface area (Å²) < 4.78 is 34.3. The normalized spacial score (nSPS) is 15.3. The van der Waals surface area contributed by atoms with Crippen LogP contribution in [0.4, 0.5) is 0 Å². The number of carbonyl (C=O) groups is 2. The Morgan fingerprint density at radius 3 is 2.39 bits per heavy atom. The summed E-state index contributed by atoms with van der Waals surface area (Å²) in [4.78, 5) is 29.7. The van der Waals surface area contributed by atoms with Crippen LogP contribution in [0.2, 0.25) is 0 Å². The number of aromatic nitrogens is 1. The highest BCUT2D eigenvalue weighted by atomic mass is 32.2. The molecule has 1 saturated heterocycles. The first-order chi connectivity index (χ1) is 15.7. The van der Waals surface area contributed by atoms with Crippen LogP contribution in [0.5, 0.6) is 0 Å². The Morgan fingerprint density at radius 1 is 1.09 bits per heavy atom. The molecule has 1 aromatic heterocycles. The third-order valence-corrected chi connectivity index (χ3v) is 8.77. The number of thiazole rings is 1. The third-order valence-electron chi connectivity index (χ3n) is 5.63. The van der Waals surface area contributed by atoms with Crippen molar-refractivity contribution >= 4 is 43.5 Å². The van der Waals surface area contributed by atoms with Crippen molar-refractivity contribution in [3.63, 3.8) is 0 Å². The highest BCUT2D eigenvalue weighted by Gasteiger charge is 2.27. The fourth-order valence-corrected chi connectivity index (χ4v) is 6.54. The maximum Gasteiger partial charge on any atom is 0.325 e. The first-order valence-electron chi connectivity index (χ1n) is 10.6. The number of benzene rings is 2. The number of fused-ring (bicyclic) bond motifs is 1. The van der Waals surface area contributed by atoms with E-state index in [1.807, 2.05) is 26.0 Å². The molecule has 8 nitrogen and oxygen atoms in total. The molecule has 2 heterocycles. The Morgan fingerprint density at radius 2 is 1.76 bits per heavy atom. The van der Waals surface area contributed by atoms with E-state index >= 15 is 0 Å². The van der Waals surface area contributed by atoms with E-state index in [2.05, 4.69) is 4.99 Å². The lowest BCUT2D eigenvalue weighted by Gasteiger charge is -2.15. The van der Waals surface area contributed by atoms with Crippen LogP contribution in [-0.2, 0) is 26.1 Å². The minimum Gasteiger partial charge on any atom is -0.468 e. The second-order valence-corrected chi connectivity index (χ2v) is 10.9. The molecule has 4 rings (SSSR count). The predicted molar refractivity (Wildman–Crippen MR) is 126 cm³/mol. The summed E-state index contributed by atoms with van der Waals surface area (Å²) in [6, 6.07) is 9.81. The van der Waals surface area contributed by atoms with Gasteiger partial charge in [-0.1, -0.05) is 17.4 Å². The van der Waals surface area contributed by atoms with Gasteiger partial charge in [-0.15, -0.1) is 0 Å². The number of sulfonamides is 1. The van der Waals surface area contributed by atoms with E-state index in [1.165, 1.54) is 47.0 Å². The van der Waals surface area contributed by atoms with Gasteiger partial charge in [0, 0.05) is 18.7 Å².